The molecule has 1 N–H and O–H groups in total. The highest BCUT2D eigenvalue weighted by molar-refractivity contribution is 5.71. The minimum atomic E-state index is 0.0442. The topological polar surface area (TPSA) is 44.8 Å². The summed E-state index contributed by atoms with van der Waals surface area (Å²) in [5.41, 5.74) is 0. The molecule has 6 unspecified atom stereocenters. The normalized spacial score (nSPS) is 42.9. The van der Waals surface area contributed by atoms with E-state index < -0.39 is 0 Å². The van der Waals surface area contributed by atoms with Gasteiger partial charge < -0.3 is 15.0 Å². The summed E-state index contributed by atoms with van der Waals surface area (Å²) in [6.45, 7) is 11.5. The number of nitrogens with one attached hydrogen (secondary N) is 1. The van der Waals surface area contributed by atoms with E-state index >= 15 is 0 Å². The van der Waals surface area contributed by atoms with Gasteiger partial charge in [-0.15, -0.1) is 0 Å². The van der Waals surface area contributed by atoms with Gasteiger partial charge in [0, 0.05) is 45.1 Å². The van der Waals surface area contributed by atoms with Crippen molar-refractivity contribution in [1.29, 1.82) is 0 Å². The summed E-state index contributed by atoms with van der Waals surface area (Å²) in [6, 6.07) is 0. The van der Waals surface area contributed by atoms with Crippen molar-refractivity contribution in [2.24, 2.45) is 23.7 Å². The van der Waals surface area contributed by atoms with Crippen LogP contribution in [0.2, 0.25) is 0 Å². The Hall–Kier alpha value is -0.650. The average Bonchev–Trinajstić information content (AvgIpc) is 2.64. The summed E-state index contributed by atoms with van der Waals surface area (Å²) in [5, 5.41) is 3.68. The third kappa shape index (κ3) is 4.10. The third-order valence-corrected chi connectivity index (χ3v) is 7.36. The summed E-state index contributed by atoms with van der Waals surface area (Å²) in [7, 11) is 0. The van der Waals surface area contributed by atoms with Crippen LogP contribution in [0.25, 0.3) is 0 Å². The first-order valence-corrected chi connectivity index (χ1v) is 11.0. The predicted molar refractivity (Wildman–Crippen MR) is 103 cm³/mol. The van der Waals surface area contributed by atoms with E-state index in [1.807, 2.05) is 0 Å². The molecule has 148 valence electrons. The fourth-order valence-electron chi connectivity index (χ4n) is 6.05. The molecule has 0 radical (unpaired) electrons. The molecule has 3 saturated heterocycles. The van der Waals surface area contributed by atoms with Crippen molar-refractivity contribution < 1.29 is 9.53 Å². The van der Waals surface area contributed by atoms with Crippen molar-refractivity contribution in [2.45, 2.75) is 64.6 Å². The highest BCUT2D eigenvalue weighted by Crippen LogP contribution is 2.43. The SMILES string of the molecule is CC1CC(C)C2OC(=O)CC(CN3CCN(C4CCCCN4)CC3)C2C1. The Morgan fingerprint density at radius 3 is 2.65 bits per heavy atom. The van der Waals surface area contributed by atoms with Gasteiger partial charge in [0.15, 0.2) is 0 Å². The summed E-state index contributed by atoms with van der Waals surface area (Å²) >= 11 is 0. The predicted octanol–water partition coefficient (Wildman–Crippen LogP) is 2.32. The molecule has 26 heavy (non-hydrogen) atoms. The summed E-state index contributed by atoms with van der Waals surface area (Å²) in [4.78, 5) is 17.5. The van der Waals surface area contributed by atoms with Crippen LogP contribution in [-0.2, 0) is 9.53 Å². The Labute approximate surface area is 158 Å². The zero-order valence-electron chi connectivity index (χ0n) is 16.7. The number of esters is 1. The lowest BCUT2D eigenvalue weighted by Crippen LogP contribution is -2.57. The lowest BCUT2D eigenvalue weighted by atomic mass is 9.67. The van der Waals surface area contributed by atoms with Gasteiger partial charge in [-0.25, -0.2) is 0 Å². The molecule has 3 aliphatic heterocycles. The first-order valence-electron chi connectivity index (χ1n) is 11.0. The average molecular weight is 364 g/mol. The molecular formula is C21H37N3O2. The van der Waals surface area contributed by atoms with Gasteiger partial charge in [-0.2, -0.15) is 0 Å². The number of hydrogen-bond acceptors (Lipinski definition) is 5. The van der Waals surface area contributed by atoms with Gasteiger partial charge in [0.25, 0.3) is 0 Å². The number of piperazine rings is 1. The second-order valence-corrected chi connectivity index (χ2v) is 9.44. The monoisotopic (exact) mass is 363 g/mol. The van der Waals surface area contributed by atoms with E-state index in [1.165, 1.54) is 38.6 Å². The maximum atomic E-state index is 12.2. The molecule has 4 fully saturated rings. The fourth-order valence-corrected chi connectivity index (χ4v) is 6.05. The molecule has 1 aliphatic carbocycles. The Balaban J connectivity index is 1.32. The van der Waals surface area contributed by atoms with Gasteiger partial charge in [-0.1, -0.05) is 13.8 Å². The van der Waals surface area contributed by atoms with Crippen molar-refractivity contribution in [3.63, 3.8) is 0 Å². The quantitative estimate of drug-likeness (QED) is 0.780. The molecule has 4 rings (SSSR count). The van der Waals surface area contributed by atoms with E-state index in [0.717, 1.165) is 38.6 Å². The third-order valence-electron chi connectivity index (χ3n) is 7.36. The lowest BCUT2D eigenvalue weighted by Gasteiger charge is -2.48. The van der Waals surface area contributed by atoms with Crippen LogP contribution in [0.1, 0.15) is 52.4 Å². The number of fused-ring (bicyclic) bond motifs is 1. The van der Waals surface area contributed by atoms with Crippen molar-refractivity contribution >= 4 is 5.97 Å². The summed E-state index contributed by atoms with van der Waals surface area (Å²) < 4.78 is 5.79. The molecule has 5 nitrogen and oxygen atoms in total. The Morgan fingerprint density at radius 1 is 1.12 bits per heavy atom. The Morgan fingerprint density at radius 2 is 1.92 bits per heavy atom. The van der Waals surface area contributed by atoms with E-state index in [-0.39, 0.29) is 12.1 Å². The number of hydrogen-bond donors (Lipinski definition) is 1. The molecule has 0 spiro atoms. The molecule has 6 atom stereocenters. The second kappa shape index (κ2) is 8.15. The minimum Gasteiger partial charge on any atom is -0.462 e. The molecule has 0 aromatic heterocycles. The maximum absolute atomic E-state index is 12.2. The van der Waals surface area contributed by atoms with Crippen LogP contribution in [0.15, 0.2) is 0 Å². The minimum absolute atomic E-state index is 0.0442. The molecule has 3 heterocycles. The largest absolute Gasteiger partial charge is 0.462 e. The molecule has 5 heteroatoms. The van der Waals surface area contributed by atoms with Gasteiger partial charge >= 0.3 is 5.97 Å². The van der Waals surface area contributed by atoms with Gasteiger partial charge in [0.2, 0.25) is 0 Å². The smallest absolute Gasteiger partial charge is 0.306 e. The van der Waals surface area contributed by atoms with Crippen LogP contribution < -0.4 is 5.32 Å². The van der Waals surface area contributed by atoms with Gasteiger partial charge in [-0.3, -0.25) is 9.69 Å². The molecule has 0 bridgehead atoms. The van der Waals surface area contributed by atoms with Crippen LogP contribution >= 0.6 is 0 Å². The first-order chi connectivity index (χ1) is 12.6. The maximum Gasteiger partial charge on any atom is 0.306 e. The Bertz CT molecular complexity index is 486. The molecule has 0 amide bonds. The van der Waals surface area contributed by atoms with E-state index in [2.05, 4.69) is 29.0 Å². The van der Waals surface area contributed by atoms with Crippen LogP contribution in [0.4, 0.5) is 0 Å². The fraction of sp³-hybridized carbons (Fsp3) is 0.952. The zero-order valence-corrected chi connectivity index (χ0v) is 16.7. The van der Waals surface area contributed by atoms with Crippen LogP contribution in [0.5, 0.6) is 0 Å². The molecule has 4 aliphatic rings. The van der Waals surface area contributed by atoms with E-state index in [0.29, 0.717) is 30.3 Å². The molecule has 0 aromatic rings. The van der Waals surface area contributed by atoms with Gasteiger partial charge in [-0.05, 0) is 56.4 Å². The van der Waals surface area contributed by atoms with Crippen molar-refractivity contribution in [2.75, 3.05) is 39.3 Å². The molecule has 0 aromatic carbocycles. The second-order valence-electron chi connectivity index (χ2n) is 9.44. The number of nitrogens with zero attached hydrogens (tertiary/aromatic N) is 2. The van der Waals surface area contributed by atoms with Crippen molar-refractivity contribution in [3.8, 4) is 0 Å². The van der Waals surface area contributed by atoms with E-state index in [9.17, 15) is 4.79 Å². The number of rotatable bonds is 3. The number of ether oxygens (including phenoxy) is 1. The van der Waals surface area contributed by atoms with Gasteiger partial charge in [0.1, 0.15) is 6.10 Å². The highest BCUT2D eigenvalue weighted by Gasteiger charge is 2.45. The standard InChI is InChI=1S/C21H37N3O2/c1-15-11-16(2)21-18(12-15)17(13-20(25)26-21)14-23-7-9-24(10-8-23)19-5-3-4-6-22-19/h15-19,21-22H,3-14H2,1-2H3. The van der Waals surface area contributed by atoms with Crippen molar-refractivity contribution in [1.82, 2.24) is 15.1 Å². The van der Waals surface area contributed by atoms with E-state index in [1.54, 1.807) is 0 Å². The van der Waals surface area contributed by atoms with Crippen LogP contribution in [0, 0.1) is 23.7 Å². The van der Waals surface area contributed by atoms with E-state index in [4.69, 9.17) is 4.74 Å². The lowest BCUT2D eigenvalue weighted by molar-refractivity contribution is -0.174. The Kier molecular flexibility index (Phi) is 5.87. The zero-order chi connectivity index (χ0) is 18.1. The van der Waals surface area contributed by atoms with Gasteiger partial charge in [0.05, 0.1) is 6.17 Å². The summed E-state index contributed by atoms with van der Waals surface area (Å²) in [5.74, 6) is 2.39. The number of carbonyl (C=O) groups is 1. The number of piperidine rings is 1. The van der Waals surface area contributed by atoms with Crippen LogP contribution in [-0.4, -0.2) is 67.3 Å². The highest BCUT2D eigenvalue weighted by atomic mass is 16.5. The first kappa shape index (κ1) is 18.7. The van der Waals surface area contributed by atoms with Crippen molar-refractivity contribution in [3.05, 3.63) is 0 Å². The van der Waals surface area contributed by atoms with Crippen LogP contribution in [0.3, 0.4) is 0 Å². The molecule has 1 saturated carbocycles. The number of carbonyl (C=O) groups excluding carboxylic acids is 1. The molecular weight excluding hydrogens is 326 g/mol. The summed E-state index contributed by atoms with van der Waals surface area (Å²) in [6.07, 6.45) is 7.83.